The first kappa shape index (κ1) is 14.3. The molecular formula is C13H27N3O. The second kappa shape index (κ2) is 7.54. The van der Waals surface area contributed by atoms with E-state index >= 15 is 0 Å². The Hall–Kier alpha value is -0.770. The lowest BCUT2D eigenvalue weighted by Gasteiger charge is -2.36. The molecule has 1 rings (SSSR count). The Bertz CT molecular complexity index is 235. The Kier molecular flexibility index (Phi) is 6.34. The van der Waals surface area contributed by atoms with Crippen molar-refractivity contribution in [3.8, 4) is 0 Å². The minimum absolute atomic E-state index is 0.339. The highest BCUT2D eigenvalue weighted by Crippen LogP contribution is 2.29. The molecule has 0 bridgehead atoms. The largest absolute Gasteiger partial charge is 0.409 e. The maximum atomic E-state index is 8.54. The summed E-state index contributed by atoms with van der Waals surface area (Å²) in [7, 11) is 0. The van der Waals surface area contributed by atoms with E-state index in [1.165, 1.54) is 32.1 Å². The van der Waals surface area contributed by atoms with Gasteiger partial charge in [0.15, 0.2) is 0 Å². The van der Waals surface area contributed by atoms with Crippen molar-refractivity contribution >= 4 is 5.84 Å². The van der Waals surface area contributed by atoms with Crippen LogP contribution in [0.2, 0.25) is 0 Å². The Morgan fingerprint density at radius 2 is 1.94 bits per heavy atom. The predicted molar refractivity (Wildman–Crippen MR) is 71.3 cm³/mol. The highest BCUT2D eigenvalue weighted by atomic mass is 16.4. The van der Waals surface area contributed by atoms with Crippen molar-refractivity contribution in [1.82, 2.24) is 4.90 Å². The number of hydrogen-bond acceptors (Lipinski definition) is 3. The summed E-state index contributed by atoms with van der Waals surface area (Å²) in [5.41, 5.74) is 5.52. The maximum Gasteiger partial charge on any atom is 0.140 e. The average Bonchev–Trinajstić information content (AvgIpc) is 2.39. The minimum atomic E-state index is 0.339. The zero-order valence-electron chi connectivity index (χ0n) is 11.2. The second-order valence-corrected chi connectivity index (χ2v) is 5.05. The van der Waals surface area contributed by atoms with Gasteiger partial charge in [-0.15, -0.1) is 0 Å². The number of nitrogens with two attached hydrogens (primary N) is 1. The Labute approximate surface area is 105 Å². The molecule has 0 spiro atoms. The molecule has 3 N–H and O–H groups in total. The topological polar surface area (TPSA) is 61.8 Å². The van der Waals surface area contributed by atoms with Gasteiger partial charge in [-0.05, 0) is 38.1 Å². The van der Waals surface area contributed by atoms with E-state index in [0.717, 1.165) is 19.0 Å². The van der Waals surface area contributed by atoms with E-state index in [1.807, 2.05) is 0 Å². The summed E-state index contributed by atoms with van der Waals surface area (Å²) in [5, 5.41) is 11.6. The summed E-state index contributed by atoms with van der Waals surface area (Å²) in [4.78, 5) is 2.48. The fraction of sp³-hybridized carbons (Fsp3) is 0.923. The average molecular weight is 241 g/mol. The number of rotatable bonds is 6. The molecule has 0 heterocycles. The SMILES string of the molecule is CCC1CCC(N(CC)CCC(N)=NO)CC1. The van der Waals surface area contributed by atoms with E-state index in [4.69, 9.17) is 10.9 Å². The molecule has 0 radical (unpaired) electrons. The number of amidine groups is 1. The van der Waals surface area contributed by atoms with E-state index < -0.39 is 0 Å². The maximum absolute atomic E-state index is 8.54. The third-order valence-electron chi connectivity index (χ3n) is 4.10. The van der Waals surface area contributed by atoms with Crippen LogP contribution >= 0.6 is 0 Å². The highest BCUT2D eigenvalue weighted by Gasteiger charge is 2.24. The van der Waals surface area contributed by atoms with E-state index in [-0.39, 0.29) is 0 Å². The third kappa shape index (κ3) is 4.54. The first-order valence-electron chi connectivity index (χ1n) is 6.91. The van der Waals surface area contributed by atoms with Gasteiger partial charge in [0.25, 0.3) is 0 Å². The molecule has 17 heavy (non-hydrogen) atoms. The molecule has 0 saturated heterocycles. The first-order chi connectivity index (χ1) is 8.21. The van der Waals surface area contributed by atoms with Crippen LogP contribution in [-0.2, 0) is 0 Å². The Morgan fingerprint density at radius 1 is 1.29 bits per heavy atom. The van der Waals surface area contributed by atoms with E-state index in [1.54, 1.807) is 0 Å². The molecule has 4 heteroatoms. The molecule has 0 amide bonds. The number of nitrogens with zero attached hydrogens (tertiary/aromatic N) is 2. The smallest absolute Gasteiger partial charge is 0.140 e. The van der Waals surface area contributed by atoms with Gasteiger partial charge in [0.2, 0.25) is 0 Å². The predicted octanol–water partition coefficient (Wildman–Crippen LogP) is 2.41. The summed E-state index contributed by atoms with van der Waals surface area (Å²) in [6.07, 6.45) is 7.33. The van der Waals surface area contributed by atoms with Crippen molar-refractivity contribution in [2.75, 3.05) is 13.1 Å². The molecule has 0 unspecified atom stereocenters. The highest BCUT2D eigenvalue weighted by molar-refractivity contribution is 5.79. The van der Waals surface area contributed by atoms with Crippen LogP contribution in [0.4, 0.5) is 0 Å². The molecule has 0 aromatic rings. The van der Waals surface area contributed by atoms with Gasteiger partial charge in [-0.2, -0.15) is 0 Å². The molecule has 0 atom stereocenters. The van der Waals surface area contributed by atoms with Gasteiger partial charge < -0.3 is 15.8 Å². The second-order valence-electron chi connectivity index (χ2n) is 5.05. The van der Waals surface area contributed by atoms with Gasteiger partial charge in [-0.3, -0.25) is 0 Å². The lowest BCUT2D eigenvalue weighted by Crippen LogP contribution is -2.39. The monoisotopic (exact) mass is 241 g/mol. The molecule has 0 aliphatic heterocycles. The Morgan fingerprint density at radius 3 is 2.41 bits per heavy atom. The van der Waals surface area contributed by atoms with Crippen molar-refractivity contribution in [3.63, 3.8) is 0 Å². The van der Waals surface area contributed by atoms with Crippen molar-refractivity contribution < 1.29 is 5.21 Å². The van der Waals surface area contributed by atoms with Crippen LogP contribution in [-0.4, -0.2) is 35.1 Å². The lowest BCUT2D eigenvalue weighted by atomic mass is 9.84. The van der Waals surface area contributed by atoms with Crippen LogP contribution < -0.4 is 5.73 Å². The molecule has 0 aromatic heterocycles. The zero-order chi connectivity index (χ0) is 12.7. The normalized spacial score (nSPS) is 26.4. The van der Waals surface area contributed by atoms with E-state index in [0.29, 0.717) is 18.3 Å². The summed E-state index contributed by atoms with van der Waals surface area (Å²) < 4.78 is 0. The molecule has 100 valence electrons. The molecular weight excluding hydrogens is 214 g/mol. The van der Waals surface area contributed by atoms with Crippen molar-refractivity contribution in [1.29, 1.82) is 0 Å². The van der Waals surface area contributed by atoms with Crippen molar-refractivity contribution in [3.05, 3.63) is 0 Å². The standard InChI is InChI=1S/C13H27N3O/c1-3-11-5-7-12(8-6-11)16(4-2)10-9-13(14)15-17/h11-12,17H,3-10H2,1-2H3,(H2,14,15). The van der Waals surface area contributed by atoms with Gasteiger partial charge in [0.05, 0.1) is 0 Å². The number of hydrogen-bond donors (Lipinski definition) is 2. The summed E-state index contributed by atoms with van der Waals surface area (Å²) in [5.74, 6) is 1.28. The first-order valence-corrected chi connectivity index (χ1v) is 6.91. The van der Waals surface area contributed by atoms with Gasteiger partial charge in [-0.25, -0.2) is 0 Å². The minimum Gasteiger partial charge on any atom is -0.409 e. The Balaban J connectivity index is 2.35. The van der Waals surface area contributed by atoms with Crippen LogP contribution in [0.25, 0.3) is 0 Å². The molecule has 1 fully saturated rings. The fourth-order valence-electron chi connectivity index (χ4n) is 2.83. The van der Waals surface area contributed by atoms with Gasteiger partial charge in [-0.1, -0.05) is 25.4 Å². The van der Waals surface area contributed by atoms with Crippen LogP contribution in [0, 0.1) is 5.92 Å². The van der Waals surface area contributed by atoms with E-state index in [9.17, 15) is 0 Å². The van der Waals surface area contributed by atoms with Crippen LogP contribution in [0.1, 0.15) is 52.4 Å². The van der Waals surface area contributed by atoms with Crippen molar-refractivity contribution in [2.45, 2.75) is 58.4 Å². The van der Waals surface area contributed by atoms with Gasteiger partial charge in [0, 0.05) is 19.0 Å². The van der Waals surface area contributed by atoms with Gasteiger partial charge in [0.1, 0.15) is 5.84 Å². The summed E-state index contributed by atoms with van der Waals surface area (Å²) in [6.45, 7) is 6.45. The quantitative estimate of drug-likeness (QED) is 0.325. The molecule has 4 nitrogen and oxygen atoms in total. The number of oxime groups is 1. The van der Waals surface area contributed by atoms with Crippen LogP contribution in [0.5, 0.6) is 0 Å². The molecule has 1 aliphatic rings. The van der Waals surface area contributed by atoms with Crippen LogP contribution in [0.3, 0.4) is 0 Å². The molecule has 1 aliphatic carbocycles. The summed E-state index contributed by atoms with van der Waals surface area (Å²) in [6, 6.07) is 0.703. The summed E-state index contributed by atoms with van der Waals surface area (Å²) >= 11 is 0. The molecule has 1 saturated carbocycles. The lowest BCUT2D eigenvalue weighted by molar-refractivity contribution is 0.144. The molecule has 0 aromatic carbocycles. The fourth-order valence-corrected chi connectivity index (χ4v) is 2.83. The zero-order valence-corrected chi connectivity index (χ0v) is 11.2. The van der Waals surface area contributed by atoms with Crippen LogP contribution in [0.15, 0.2) is 5.16 Å². The van der Waals surface area contributed by atoms with Crippen molar-refractivity contribution in [2.24, 2.45) is 16.8 Å². The van der Waals surface area contributed by atoms with E-state index in [2.05, 4.69) is 23.9 Å². The van der Waals surface area contributed by atoms with Gasteiger partial charge >= 0.3 is 0 Å². The third-order valence-corrected chi connectivity index (χ3v) is 4.10.